The smallest absolute Gasteiger partial charge is 0.265 e. The fourth-order valence-corrected chi connectivity index (χ4v) is 5.91. The number of hydrogen-bond donors (Lipinski definition) is 2. The van der Waals surface area contributed by atoms with E-state index in [-0.39, 0.29) is 17.9 Å². The Morgan fingerprint density at radius 3 is 2.76 bits per heavy atom. The highest BCUT2D eigenvalue weighted by atomic mass is 19.1. The molecule has 0 unspecified atom stereocenters. The lowest BCUT2D eigenvalue weighted by Crippen LogP contribution is -2.32. The number of fused-ring (bicyclic) bond motifs is 2. The van der Waals surface area contributed by atoms with Crippen LogP contribution in [0.4, 0.5) is 4.39 Å². The van der Waals surface area contributed by atoms with E-state index in [0.29, 0.717) is 52.5 Å². The number of halogens is 1. The van der Waals surface area contributed by atoms with Gasteiger partial charge in [-0.2, -0.15) is 0 Å². The van der Waals surface area contributed by atoms with Gasteiger partial charge < -0.3 is 15.0 Å². The number of pyridine rings is 1. The van der Waals surface area contributed by atoms with Crippen LogP contribution in [-0.4, -0.2) is 48.5 Å². The number of benzene rings is 2. The zero-order valence-corrected chi connectivity index (χ0v) is 22.5. The van der Waals surface area contributed by atoms with Crippen LogP contribution in [0.25, 0.3) is 44.3 Å². The molecule has 1 fully saturated rings. The zero-order chi connectivity index (χ0) is 28.2. The number of hydrogen-bond acceptors (Lipinski definition) is 5. The number of aliphatic hydroxyl groups excluding tert-OH is 1. The van der Waals surface area contributed by atoms with E-state index < -0.39 is 11.4 Å². The third-order valence-electron chi connectivity index (χ3n) is 8.28. The van der Waals surface area contributed by atoms with Crippen LogP contribution in [0, 0.1) is 5.82 Å². The number of carbonyl (C=O) groups is 1. The van der Waals surface area contributed by atoms with Crippen LogP contribution < -0.4 is 5.56 Å². The van der Waals surface area contributed by atoms with Crippen LogP contribution in [0.2, 0.25) is 0 Å². The number of nitrogens with zero attached hydrogens (tertiary/aromatic N) is 4. The predicted molar refractivity (Wildman–Crippen MR) is 155 cm³/mol. The van der Waals surface area contributed by atoms with Crippen molar-refractivity contribution in [3.63, 3.8) is 0 Å². The Morgan fingerprint density at radius 2 is 2.02 bits per heavy atom. The molecule has 1 saturated carbocycles. The maximum Gasteiger partial charge on any atom is 0.265 e. The van der Waals surface area contributed by atoms with Crippen molar-refractivity contribution in [2.75, 3.05) is 13.1 Å². The van der Waals surface area contributed by atoms with Gasteiger partial charge in [0.2, 0.25) is 5.91 Å². The van der Waals surface area contributed by atoms with Gasteiger partial charge in [0.25, 0.3) is 5.56 Å². The molecular weight excluding hydrogens is 521 g/mol. The minimum atomic E-state index is -0.522. The third kappa shape index (κ3) is 4.33. The number of aliphatic hydroxyl groups is 1. The summed E-state index contributed by atoms with van der Waals surface area (Å²) < 4.78 is 16.6. The highest BCUT2D eigenvalue weighted by Crippen LogP contribution is 2.41. The molecule has 5 aromatic rings. The van der Waals surface area contributed by atoms with E-state index in [1.165, 1.54) is 17.0 Å². The minimum Gasteiger partial charge on any atom is -0.392 e. The summed E-state index contributed by atoms with van der Waals surface area (Å²) in [5, 5.41) is 11.9. The largest absolute Gasteiger partial charge is 0.392 e. The molecule has 0 atom stereocenters. The van der Waals surface area contributed by atoms with E-state index in [1.54, 1.807) is 36.2 Å². The van der Waals surface area contributed by atoms with Gasteiger partial charge in [-0.05, 0) is 66.0 Å². The molecule has 0 saturated heterocycles. The lowest BCUT2D eigenvalue weighted by Gasteiger charge is -2.24. The number of nitrogens with one attached hydrogen (secondary N) is 1. The van der Waals surface area contributed by atoms with E-state index in [9.17, 15) is 14.7 Å². The van der Waals surface area contributed by atoms with Crippen LogP contribution in [0.3, 0.4) is 0 Å². The van der Waals surface area contributed by atoms with Crippen molar-refractivity contribution in [1.82, 2.24) is 24.4 Å². The Bertz CT molecular complexity index is 1950. The lowest BCUT2D eigenvalue weighted by molar-refractivity contribution is -0.128. The molecule has 0 spiro atoms. The maximum absolute atomic E-state index is 15.2. The first-order valence-corrected chi connectivity index (χ1v) is 13.8. The molecule has 1 amide bonds. The predicted octanol–water partition coefficient (Wildman–Crippen LogP) is 5.07. The highest BCUT2D eigenvalue weighted by Gasteiger charge is 2.26. The molecule has 8 nitrogen and oxygen atoms in total. The van der Waals surface area contributed by atoms with Gasteiger partial charge in [-0.25, -0.2) is 14.4 Å². The first kappa shape index (κ1) is 25.3. The van der Waals surface area contributed by atoms with E-state index >= 15 is 4.39 Å². The van der Waals surface area contributed by atoms with Gasteiger partial charge >= 0.3 is 0 Å². The molecule has 4 heterocycles. The zero-order valence-electron chi connectivity index (χ0n) is 22.5. The molecule has 206 valence electrons. The van der Waals surface area contributed by atoms with Gasteiger partial charge in [0, 0.05) is 48.4 Å². The van der Waals surface area contributed by atoms with E-state index in [1.807, 2.05) is 24.3 Å². The topological polar surface area (TPSA) is 104 Å². The number of aromatic nitrogens is 4. The van der Waals surface area contributed by atoms with Crippen molar-refractivity contribution in [3.05, 3.63) is 94.1 Å². The fourth-order valence-electron chi connectivity index (χ4n) is 5.91. The summed E-state index contributed by atoms with van der Waals surface area (Å²) in [7, 11) is 0. The van der Waals surface area contributed by atoms with Gasteiger partial charge in [-0.3, -0.25) is 14.2 Å². The van der Waals surface area contributed by atoms with E-state index in [4.69, 9.17) is 0 Å². The van der Waals surface area contributed by atoms with Crippen LogP contribution in [0.1, 0.15) is 48.9 Å². The Labute approximate surface area is 234 Å². The standard InChI is InChI=1S/C32H28FN5O3/c1-18(40)37-10-7-20(8-11-37)27-15-24-30(34-17-35-31(24)36-27)23-3-2-4-28(25(23)16-39)38-12-9-21-13-22(19-5-6-19)14-26(33)29(21)32(38)41/h2-4,7,9,12-15,17,19,39H,5-6,8,10-11,16H2,1H3,(H,34,35,36). The van der Waals surface area contributed by atoms with Gasteiger partial charge in [-0.1, -0.05) is 24.3 Å². The SMILES string of the molecule is CC(=O)N1CC=C(c2cc3c(-c4cccc(-n5ccc6cc(C7CC7)cc(F)c6c5=O)c4CO)ncnc3[nH]2)CC1. The quantitative estimate of drug-likeness (QED) is 0.319. The van der Waals surface area contributed by atoms with Crippen molar-refractivity contribution in [2.24, 2.45) is 0 Å². The number of aromatic amines is 1. The summed E-state index contributed by atoms with van der Waals surface area (Å²) in [6.45, 7) is 2.42. The van der Waals surface area contributed by atoms with Crippen molar-refractivity contribution in [3.8, 4) is 16.9 Å². The molecule has 3 aromatic heterocycles. The summed E-state index contributed by atoms with van der Waals surface area (Å²) in [6, 6.07) is 12.5. The molecule has 1 aliphatic carbocycles. The van der Waals surface area contributed by atoms with Crippen LogP contribution >= 0.6 is 0 Å². The van der Waals surface area contributed by atoms with Gasteiger partial charge in [0.1, 0.15) is 17.8 Å². The normalized spacial score (nSPS) is 15.5. The van der Waals surface area contributed by atoms with Gasteiger partial charge in [0.15, 0.2) is 0 Å². The summed E-state index contributed by atoms with van der Waals surface area (Å²) in [5.41, 5.74) is 5.32. The Balaban J connectivity index is 1.33. The second kappa shape index (κ2) is 9.78. The molecule has 41 heavy (non-hydrogen) atoms. The van der Waals surface area contributed by atoms with Crippen LogP contribution in [0.15, 0.2) is 65.9 Å². The molecule has 2 aliphatic rings. The average molecular weight is 550 g/mol. The Hall–Kier alpha value is -4.63. The molecule has 1 aliphatic heterocycles. The first-order valence-electron chi connectivity index (χ1n) is 13.8. The second-order valence-corrected chi connectivity index (χ2v) is 10.8. The van der Waals surface area contributed by atoms with Crippen molar-refractivity contribution >= 4 is 33.3 Å². The number of amides is 1. The van der Waals surface area contributed by atoms with Crippen molar-refractivity contribution in [2.45, 2.75) is 38.7 Å². The van der Waals surface area contributed by atoms with Gasteiger partial charge in [-0.15, -0.1) is 0 Å². The number of rotatable bonds is 5. The Kier molecular flexibility index (Phi) is 6.04. The summed E-state index contributed by atoms with van der Waals surface area (Å²) in [5.74, 6) is -0.0960. The van der Waals surface area contributed by atoms with E-state index in [2.05, 4.69) is 15.0 Å². The van der Waals surface area contributed by atoms with Crippen LogP contribution in [-0.2, 0) is 11.4 Å². The second-order valence-electron chi connectivity index (χ2n) is 10.8. The summed E-state index contributed by atoms with van der Waals surface area (Å²) in [4.78, 5) is 39.5. The molecule has 9 heteroatoms. The molecule has 0 radical (unpaired) electrons. The molecular formula is C32H28FN5O3. The fraction of sp³-hybridized carbons (Fsp3) is 0.250. The van der Waals surface area contributed by atoms with Crippen molar-refractivity contribution < 1.29 is 14.3 Å². The number of carbonyl (C=O) groups excluding carboxylic acids is 1. The van der Waals surface area contributed by atoms with Gasteiger partial charge in [0.05, 0.1) is 23.4 Å². The molecule has 2 N–H and O–H groups in total. The monoisotopic (exact) mass is 549 g/mol. The highest BCUT2D eigenvalue weighted by molar-refractivity contribution is 5.95. The maximum atomic E-state index is 15.2. The summed E-state index contributed by atoms with van der Waals surface area (Å²) in [6.07, 6.45) is 7.96. The molecule has 2 aromatic carbocycles. The third-order valence-corrected chi connectivity index (χ3v) is 8.28. The Morgan fingerprint density at radius 1 is 1.17 bits per heavy atom. The van der Waals surface area contributed by atoms with Crippen LogP contribution in [0.5, 0.6) is 0 Å². The number of H-pyrrole nitrogens is 1. The molecule has 7 rings (SSSR count). The summed E-state index contributed by atoms with van der Waals surface area (Å²) >= 11 is 0. The first-order chi connectivity index (χ1) is 19.9. The molecule has 0 bridgehead atoms. The van der Waals surface area contributed by atoms with Crippen molar-refractivity contribution in [1.29, 1.82) is 0 Å². The lowest BCUT2D eigenvalue weighted by atomic mass is 9.99. The average Bonchev–Trinajstić information content (AvgIpc) is 3.74. The minimum absolute atomic E-state index is 0.0370. The van der Waals surface area contributed by atoms with E-state index in [0.717, 1.165) is 41.5 Å².